The molecule has 4 nitrogen and oxygen atoms in total. The lowest BCUT2D eigenvalue weighted by Gasteiger charge is -2.05. The van der Waals surface area contributed by atoms with Crippen LogP contribution in [0.3, 0.4) is 0 Å². The van der Waals surface area contributed by atoms with E-state index in [1.807, 2.05) is 7.05 Å². The fourth-order valence-electron chi connectivity index (χ4n) is 2.84. The number of nitrogens with zero attached hydrogens (tertiary/aromatic N) is 1. The summed E-state index contributed by atoms with van der Waals surface area (Å²) in [4.78, 5) is 11.0. The fourth-order valence-corrected chi connectivity index (χ4v) is 2.84. The summed E-state index contributed by atoms with van der Waals surface area (Å²) in [6.07, 6.45) is 2.64. The average molecular weight is 258 g/mol. The normalized spacial score (nSPS) is 15.7. The van der Waals surface area contributed by atoms with E-state index in [-0.39, 0.29) is 5.92 Å². The molecule has 0 radical (unpaired) electrons. The molecule has 1 aliphatic heterocycles. The van der Waals surface area contributed by atoms with Gasteiger partial charge in [-0.3, -0.25) is 4.79 Å². The third-order valence-electron chi connectivity index (χ3n) is 3.97. The van der Waals surface area contributed by atoms with Gasteiger partial charge < -0.3 is 15.0 Å². The van der Waals surface area contributed by atoms with E-state index < -0.39 is 5.97 Å². The van der Waals surface area contributed by atoms with Crippen molar-refractivity contribution in [3.05, 3.63) is 35.0 Å². The van der Waals surface area contributed by atoms with E-state index in [2.05, 4.69) is 28.2 Å². The first-order valence-corrected chi connectivity index (χ1v) is 6.59. The summed E-state index contributed by atoms with van der Waals surface area (Å²) in [5, 5.41) is 13.6. The molecular formula is C15H18N2O2. The van der Waals surface area contributed by atoms with Crippen molar-refractivity contribution >= 4 is 16.9 Å². The summed E-state index contributed by atoms with van der Waals surface area (Å²) in [5.41, 5.74) is 5.01. The highest BCUT2D eigenvalue weighted by Crippen LogP contribution is 2.28. The Labute approximate surface area is 112 Å². The number of aromatic nitrogens is 1. The number of hydrogen-bond donors (Lipinski definition) is 2. The van der Waals surface area contributed by atoms with Crippen LogP contribution in [-0.4, -0.2) is 15.6 Å². The van der Waals surface area contributed by atoms with E-state index in [1.54, 1.807) is 6.92 Å². The first kappa shape index (κ1) is 12.2. The molecule has 2 heterocycles. The number of aryl methyl sites for hydroxylation is 1. The van der Waals surface area contributed by atoms with Gasteiger partial charge in [0.1, 0.15) is 0 Å². The molecule has 1 aromatic carbocycles. The Kier molecular flexibility index (Phi) is 2.82. The van der Waals surface area contributed by atoms with Gasteiger partial charge in [-0.15, -0.1) is 0 Å². The van der Waals surface area contributed by atoms with Crippen molar-refractivity contribution in [2.24, 2.45) is 13.0 Å². The van der Waals surface area contributed by atoms with Crippen LogP contribution in [0.4, 0.5) is 0 Å². The first-order valence-electron chi connectivity index (χ1n) is 6.59. The van der Waals surface area contributed by atoms with Crippen LogP contribution >= 0.6 is 0 Å². The summed E-state index contributed by atoms with van der Waals surface area (Å²) in [6.45, 7) is 3.60. The Morgan fingerprint density at radius 2 is 2.11 bits per heavy atom. The van der Waals surface area contributed by atoms with Gasteiger partial charge in [-0.1, -0.05) is 6.92 Å². The summed E-state index contributed by atoms with van der Waals surface area (Å²) in [5.74, 6) is -1.09. The molecule has 1 atom stereocenters. The van der Waals surface area contributed by atoms with E-state index in [0.717, 1.165) is 18.7 Å². The average Bonchev–Trinajstić information content (AvgIpc) is 2.93. The van der Waals surface area contributed by atoms with E-state index in [0.29, 0.717) is 6.42 Å². The molecule has 100 valence electrons. The van der Waals surface area contributed by atoms with Gasteiger partial charge in [0.25, 0.3) is 0 Å². The minimum atomic E-state index is -0.736. The quantitative estimate of drug-likeness (QED) is 0.886. The largest absolute Gasteiger partial charge is 0.481 e. The second kappa shape index (κ2) is 4.38. The Hall–Kier alpha value is -1.81. The molecule has 0 saturated heterocycles. The molecule has 1 unspecified atom stereocenters. The summed E-state index contributed by atoms with van der Waals surface area (Å²) >= 11 is 0. The van der Waals surface area contributed by atoms with Crippen LogP contribution < -0.4 is 5.32 Å². The van der Waals surface area contributed by atoms with Crippen molar-refractivity contribution in [3.63, 3.8) is 0 Å². The van der Waals surface area contributed by atoms with Crippen LogP contribution in [0.15, 0.2) is 18.3 Å². The molecule has 4 heteroatoms. The predicted octanol–water partition coefficient (Wildman–Crippen LogP) is 2.04. The maximum atomic E-state index is 11.0. The minimum absolute atomic E-state index is 0.350. The Balaban J connectivity index is 2.08. The lowest BCUT2D eigenvalue weighted by molar-refractivity contribution is -0.141. The van der Waals surface area contributed by atoms with E-state index in [1.165, 1.54) is 22.0 Å². The van der Waals surface area contributed by atoms with Gasteiger partial charge in [-0.05, 0) is 35.2 Å². The number of hydrogen-bond acceptors (Lipinski definition) is 2. The molecular weight excluding hydrogens is 240 g/mol. The molecule has 2 aromatic rings. The van der Waals surface area contributed by atoms with Crippen LogP contribution in [0.1, 0.15) is 23.6 Å². The van der Waals surface area contributed by atoms with E-state index >= 15 is 0 Å². The number of carboxylic acid groups (broad SMARTS) is 1. The zero-order chi connectivity index (χ0) is 13.6. The number of aliphatic carboxylic acids is 1. The molecule has 3 rings (SSSR count). The zero-order valence-corrected chi connectivity index (χ0v) is 11.2. The molecule has 19 heavy (non-hydrogen) atoms. The number of fused-ring (bicyclic) bond motifs is 2. The maximum absolute atomic E-state index is 11.0. The second-order valence-corrected chi connectivity index (χ2v) is 5.45. The number of benzene rings is 1. The molecule has 0 bridgehead atoms. The molecule has 1 aromatic heterocycles. The SMILES string of the molecule is CC(Cc1cn(C)c2cc3c(cc12)CNC3)C(=O)O. The van der Waals surface area contributed by atoms with Gasteiger partial charge >= 0.3 is 5.97 Å². The zero-order valence-electron chi connectivity index (χ0n) is 11.2. The summed E-state index contributed by atoms with van der Waals surface area (Å²) < 4.78 is 2.10. The molecule has 1 aliphatic rings. The van der Waals surface area contributed by atoms with Crippen molar-refractivity contribution in [2.75, 3.05) is 0 Å². The van der Waals surface area contributed by atoms with Crippen LogP contribution in [0, 0.1) is 5.92 Å². The van der Waals surface area contributed by atoms with Gasteiger partial charge in [0.2, 0.25) is 0 Å². The molecule has 2 N–H and O–H groups in total. The van der Waals surface area contributed by atoms with Crippen molar-refractivity contribution in [3.8, 4) is 0 Å². The number of nitrogens with one attached hydrogen (secondary N) is 1. The summed E-state index contributed by atoms with van der Waals surface area (Å²) in [7, 11) is 2.02. The molecule has 0 aliphatic carbocycles. The fraction of sp³-hybridized carbons (Fsp3) is 0.400. The lowest BCUT2D eigenvalue weighted by Crippen LogP contribution is -2.12. The van der Waals surface area contributed by atoms with Crippen LogP contribution in [0.2, 0.25) is 0 Å². The molecule has 0 saturated carbocycles. The van der Waals surface area contributed by atoms with Gasteiger partial charge in [0.05, 0.1) is 5.92 Å². The number of rotatable bonds is 3. The monoisotopic (exact) mass is 258 g/mol. The first-order chi connectivity index (χ1) is 9.06. The van der Waals surface area contributed by atoms with Crippen molar-refractivity contribution in [2.45, 2.75) is 26.4 Å². The van der Waals surface area contributed by atoms with E-state index in [4.69, 9.17) is 5.11 Å². The smallest absolute Gasteiger partial charge is 0.306 e. The Bertz CT molecular complexity index is 658. The standard InChI is InChI=1S/C15H18N2O2/c1-9(15(18)19)3-12-8-17(2)14-5-11-7-16-6-10(11)4-13(12)14/h4-5,8-9,16H,3,6-7H2,1-2H3,(H,18,19). The minimum Gasteiger partial charge on any atom is -0.481 e. The van der Waals surface area contributed by atoms with Crippen molar-refractivity contribution in [1.29, 1.82) is 0 Å². The predicted molar refractivity (Wildman–Crippen MR) is 74.0 cm³/mol. The number of carbonyl (C=O) groups is 1. The highest BCUT2D eigenvalue weighted by atomic mass is 16.4. The topological polar surface area (TPSA) is 54.3 Å². The van der Waals surface area contributed by atoms with Gasteiger partial charge in [-0.2, -0.15) is 0 Å². The van der Waals surface area contributed by atoms with Gasteiger partial charge in [-0.25, -0.2) is 0 Å². The van der Waals surface area contributed by atoms with Crippen LogP contribution in [-0.2, 0) is 31.4 Å². The Morgan fingerprint density at radius 1 is 1.42 bits per heavy atom. The van der Waals surface area contributed by atoms with E-state index in [9.17, 15) is 4.79 Å². The maximum Gasteiger partial charge on any atom is 0.306 e. The number of carboxylic acids is 1. The summed E-state index contributed by atoms with van der Waals surface area (Å²) in [6, 6.07) is 4.44. The lowest BCUT2D eigenvalue weighted by atomic mass is 9.99. The second-order valence-electron chi connectivity index (χ2n) is 5.45. The van der Waals surface area contributed by atoms with Crippen molar-refractivity contribution < 1.29 is 9.90 Å². The third-order valence-corrected chi connectivity index (χ3v) is 3.97. The molecule has 0 amide bonds. The van der Waals surface area contributed by atoms with Crippen molar-refractivity contribution in [1.82, 2.24) is 9.88 Å². The van der Waals surface area contributed by atoms with Gasteiger partial charge in [0, 0.05) is 37.2 Å². The molecule has 0 spiro atoms. The van der Waals surface area contributed by atoms with Gasteiger partial charge in [0.15, 0.2) is 0 Å². The molecule has 0 fully saturated rings. The Morgan fingerprint density at radius 3 is 2.79 bits per heavy atom. The third kappa shape index (κ3) is 2.02. The highest BCUT2D eigenvalue weighted by molar-refractivity contribution is 5.86. The highest BCUT2D eigenvalue weighted by Gasteiger charge is 2.18. The van der Waals surface area contributed by atoms with Crippen LogP contribution in [0.5, 0.6) is 0 Å². The van der Waals surface area contributed by atoms with Crippen LogP contribution in [0.25, 0.3) is 10.9 Å².